The van der Waals surface area contributed by atoms with Crippen molar-refractivity contribution in [2.45, 2.75) is 26.4 Å². The second-order valence-corrected chi connectivity index (χ2v) is 5.90. The maximum Gasteiger partial charge on any atom is 0.308 e. The van der Waals surface area contributed by atoms with E-state index in [1.54, 1.807) is 16.9 Å². The molecule has 0 fully saturated rings. The van der Waals surface area contributed by atoms with E-state index >= 15 is 0 Å². The number of anilines is 1. The Bertz CT molecular complexity index is 862. The highest BCUT2D eigenvalue weighted by atomic mass is 32.1. The number of carbonyl (C=O) groups is 1. The zero-order valence-corrected chi connectivity index (χ0v) is 13.0. The topological polar surface area (TPSA) is 68.9 Å². The highest BCUT2D eigenvalue weighted by Gasteiger charge is 2.12. The highest BCUT2D eigenvalue weighted by Crippen LogP contribution is 2.16. The monoisotopic (exact) mass is 316 g/mol. The molecule has 0 unspecified atom stereocenters. The fourth-order valence-electron chi connectivity index (χ4n) is 2.32. The number of nitrogens with zero attached hydrogens (tertiary/aromatic N) is 3. The van der Waals surface area contributed by atoms with E-state index in [-0.39, 0.29) is 17.3 Å². The van der Waals surface area contributed by atoms with Crippen molar-refractivity contribution in [2.75, 3.05) is 5.32 Å². The van der Waals surface area contributed by atoms with Gasteiger partial charge in [0.1, 0.15) is 12.4 Å². The SMILES string of the molecule is CCCn1nccc1NC(=O)Cn1c(=O)sc2ccccc21. The van der Waals surface area contributed by atoms with Crippen LogP contribution in [0.15, 0.2) is 41.3 Å². The van der Waals surface area contributed by atoms with Gasteiger partial charge in [0.15, 0.2) is 0 Å². The fraction of sp³-hybridized carbons (Fsp3) is 0.267. The number of benzene rings is 1. The second kappa shape index (κ2) is 6.15. The van der Waals surface area contributed by atoms with Crippen molar-refractivity contribution in [1.82, 2.24) is 14.3 Å². The lowest BCUT2D eigenvalue weighted by atomic mass is 10.3. The van der Waals surface area contributed by atoms with Gasteiger partial charge in [0.25, 0.3) is 0 Å². The Kier molecular flexibility index (Phi) is 4.06. The number of aromatic nitrogens is 3. The maximum atomic E-state index is 12.2. The number of fused-ring (bicyclic) bond motifs is 1. The van der Waals surface area contributed by atoms with Gasteiger partial charge in [-0.15, -0.1) is 0 Å². The van der Waals surface area contributed by atoms with Gasteiger partial charge in [-0.2, -0.15) is 5.10 Å². The van der Waals surface area contributed by atoms with Crippen molar-refractivity contribution < 1.29 is 4.79 Å². The van der Waals surface area contributed by atoms with E-state index in [0.717, 1.165) is 34.5 Å². The van der Waals surface area contributed by atoms with Crippen molar-refractivity contribution in [3.63, 3.8) is 0 Å². The Labute approximate surface area is 131 Å². The summed E-state index contributed by atoms with van der Waals surface area (Å²) in [6.07, 6.45) is 2.58. The van der Waals surface area contributed by atoms with Crippen molar-refractivity contribution in [3.8, 4) is 0 Å². The van der Waals surface area contributed by atoms with E-state index in [0.29, 0.717) is 5.82 Å². The molecule has 22 heavy (non-hydrogen) atoms. The zero-order valence-electron chi connectivity index (χ0n) is 12.2. The Morgan fingerprint density at radius 2 is 2.14 bits per heavy atom. The molecule has 0 atom stereocenters. The summed E-state index contributed by atoms with van der Waals surface area (Å²) in [6.45, 7) is 2.79. The zero-order chi connectivity index (χ0) is 15.5. The van der Waals surface area contributed by atoms with Gasteiger partial charge in [-0.25, -0.2) is 4.68 Å². The van der Waals surface area contributed by atoms with E-state index in [1.165, 1.54) is 4.57 Å². The Morgan fingerprint density at radius 3 is 2.95 bits per heavy atom. The van der Waals surface area contributed by atoms with E-state index in [4.69, 9.17) is 0 Å². The molecule has 1 aromatic carbocycles. The van der Waals surface area contributed by atoms with Gasteiger partial charge >= 0.3 is 4.87 Å². The molecule has 0 aliphatic heterocycles. The molecule has 0 aliphatic carbocycles. The smallest absolute Gasteiger partial charge is 0.308 e. The molecule has 2 aromatic heterocycles. The second-order valence-electron chi connectivity index (χ2n) is 4.91. The molecule has 2 heterocycles. The lowest BCUT2D eigenvalue weighted by Gasteiger charge is -2.08. The first kappa shape index (κ1) is 14.5. The molecule has 0 aliphatic rings. The molecule has 0 spiro atoms. The number of carbonyl (C=O) groups excluding carboxylic acids is 1. The molecule has 114 valence electrons. The van der Waals surface area contributed by atoms with Gasteiger partial charge < -0.3 is 5.32 Å². The number of para-hydroxylation sites is 1. The minimum absolute atomic E-state index is 0.000150. The van der Waals surface area contributed by atoms with E-state index in [2.05, 4.69) is 10.4 Å². The Balaban J connectivity index is 1.80. The first-order valence-corrected chi connectivity index (χ1v) is 7.90. The third kappa shape index (κ3) is 2.80. The van der Waals surface area contributed by atoms with Gasteiger partial charge in [-0.05, 0) is 18.6 Å². The summed E-state index contributed by atoms with van der Waals surface area (Å²) in [5.74, 6) is 0.419. The van der Waals surface area contributed by atoms with Crippen molar-refractivity contribution in [1.29, 1.82) is 0 Å². The molecule has 3 aromatic rings. The molecule has 1 N–H and O–H groups in total. The van der Waals surface area contributed by atoms with Crippen molar-refractivity contribution >= 4 is 33.3 Å². The molecule has 7 heteroatoms. The van der Waals surface area contributed by atoms with Crippen molar-refractivity contribution in [2.24, 2.45) is 0 Å². The minimum atomic E-state index is -0.233. The normalized spacial score (nSPS) is 11.0. The largest absolute Gasteiger partial charge is 0.309 e. The van der Waals surface area contributed by atoms with E-state index in [1.807, 2.05) is 31.2 Å². The van der Waals surface area contributed by atoms with Crippen molar-refractivity contribution in [3.05, 3.63) is 46.2 Å². The first-order valence-electron chi connectivity index (χ1n) is 7.09. The van der Waals surface area contributed by atoms with Crippen LogP contribution in [0.4, 0.5) is 5.82 Å². The summed E-state index contributed by atoms with van der Waals surface area (Å²) < 4.78 is 4.12. The van der Waals surface area contributed by atoms with E-state index in [9.17, 15) is 9.59 Å². The minimum Gasteiger partial charge on any atom is -0.309 e. The average Bonchev–Trinajstić information content (AvgIpc) is 3.05. The quantitative estimate of drug-likeness (QED) is 0.785. The lowest BCUT2D eigenvalue weighted by Crippen LogP contribution is -2.25. The fourth-order valence-corrected chi connectivity index (χ4v) is 3.21. The van der Waals surface area contributed by atoms with Gasteiger partial charge in [0.05, 0.1) is 16.4 Å². The van der Waals surface area contributed by atoms with Crippen LogP contribution in [0.1, 0.15) is 13.3 Å². The number of thiazole rings is 1. The predicted molar refractivity (Wildman–Crippen MR) is 87.2 cm³/mol. The summed E-state index contributed by atoms with van der Waals surface area (Å²) in [7, 11) is 0. The summed E-state index contributed by atoms with van der Waals surface area (Å²) in [4.78, 5) is 24.1. The molecule has 0 bridgehead atoms. The molecule has 0 radical (unpaired) electrons. The number of nitrogens with one attached hydrogen (secondary N) is 1. The van der Waals surface area contributed by atoms with Gasteiger partial charge in [-0.3, -0.25) is 14.2 Å². The molecule has 0 saturated heterocycles. The number of aryl methyl sites for hydroxylation is 1. The van der Waals surface area contributed by atoms with Crippen LogP contribution in [-0.4, -0.2) is 20.3 Å². The standard InChI is InChI=1S/C15H16N4O2S/c1-2-9-19-13(7-8-16-19)17-14(20)10-18-11-5-3-4-6-12(11)22-15(18)21/h3-8H,2,9-10H2,1H3,(H,17,20). The molecule has 0 saturated carbocycles. The summed E-state index contributed by atoms with van der Waals surface area (Å²) >= 11 is 1.15. The number of rotatable bonds is 5. The third-order valence-corrected chi connectivity index (χ3v) is 4.26. The van der Waals surface area contributed by atoms with Crippen LogP contribution in [0.3, 0.4) is 0 Å². The summed E-state index contributed by atoms with van der Waals surface area (Å²) in [5.41, 5.74) is 0.787. The Morgan fingerprint density at radius 1 is 1.32 bits per heavy atom. The predicted octanol–water partition coefficient (Wildman–Crippen LogP) is 2.31. The van der Waals surface area contributed by atoms with E-state index < -0.39 is 0 Å². The van der Waals surface area contributed by atoms with Gasteiger partial charge in [-0.1, -0.05) is 30.4 Å². The average molecular weight is 316 g/mol. The third-order valence-electron chi connectivity index (χ3n) is 3.29. The Hall–Kier alpha value is -2.41. The first-order chi connectivity index (χ1) is 10.7. The van der Waals surface area contributed by atoms with Crippen LogP contribution in [-0.2, 0) is 17.9 Å². The molecule has 6 nitrogen and oxygen atoms in total. The lowest BCUT2D eigenvalue weighted by molar-refractivity contribution is -0.116. The van der Waals surface area contributed by atoms with Crippen LogP contribution in [0.5, 0.6) is 0 Å². The number of hydrogen-bond donors (Lipinski definition) is 1. The maximum absolute atomic E-state index is 12.2. The van der Waals surface area contributed by atoms with Gasteiger partial charge in [0, 0.05) is 12.6 Å². The molecule has 3 rings (SSSR count). The summed E-state index contributed by atoms with van der Waals surface area (Å²) in [6, 6.07) is 9.22. The van der Waals surface area contributed by atoms with Crippen LogP contribution >= 0.6 is 11.3 Å². The van der Waals surface area contributed by atoms with Gasteiger partial charge in [0.2, 0.25) is 5.91 Å². The van der Waals surface area contributed by atoms with Crippen LogP contribution < -0.4 is 10.2 Å². The number of amides is 1. The van der Waals surface area contributed by atoms with Crippen LogP contribution in [0.25, 0.3) is 10.2 Å². The van der Waals surface area contributed by atoms with Crippen LogP contribution in [0.2, 0.25) is 0 Å². The molecule has 1 amide bonds. The highest BCUT2D eigenvalue weighted by molar-refractivity contribution is 7.16. The number of hydrogen-bond acceptors (Lipinski definition) is 4. The molecular formula is C15H16N4O2S. The van der Waals surface area contributed by atoms with Crippen LogP contribution in [0, 0.1) is 0 Å². The summed E-state index contributed by atoms with van der Waals surface area (Å²) in [5, 5.41) is 6.97. The molecular weight excluding hydrogens is 300 g/mol.